The van der Waals surface area contributed by atoms with Gasteiger partial charge in [0.25, 0.3) is 5.91 Å². The number of phenols is 1. The summed E-state index contributed by atoms with van der Waals surface area (Å²) in [5.41, 5.74) is 3.60. The Labute approximate surface area is 204 Å². The number of fused-ring (bicyclic) bond motifs is 1. The molecule has 1 aromatic heterocycles. The number of aromatic amines is 1. The van der Waals surface area contributed by atoms with Gasteiger partial charge < -0.3 is 19.8 Å². The zero-order chi connectivity index (χ0) is 24.4. The van der Waals surface area contributed by atoms with Gasteiger partial charge in [-0.1, -0.05) is 37.6 Å². The van der Waals surface area contributed by atoms with Crippen molar-refractivity contribution in [3.63, 3.8) is 0 Å². The third kappa shape index (κ3) is 4.63. The SMILES string of the molecule is Cc1cc(O)c(-c2n[nH]c3c2C(c2cccc(OCCC(C)C)c2)N(CCCO)C3=O)cc1Cl. The summed E-state index contributed by atoms with van der Waals surface area (Å²) < 4.78 is 5.97. The number of benzene rings is 2. The van der Waals surface area contributed by atoms with E-state index in [9.17, 15) is 15.0 Å². The molecule has 34 heavy (non-hydrogen) atoms. The third-order valence-corrected chi connectivity index (χ3v) is 6.50. The van der Waals surface area contributed by atoms with E-state index < -0.39 is 6.04 Å². The van der Waals surface area contributed by atoms with Crippen LogP contribution in [0.4, 0.5) is 0 Å². The van der Waals surface area contributed by atoms with Gasteiger partial charge in [-0.3, -0.25) is 9.89 Å². The number of rotatable bonds is 9. The zero-order valence-electron chi connectivity index (χ0n) is 19.6. The summed E-state index contributed by atoms with van der Waals surface area (Å²) in [5, 5.41) is 27.9. The summed E-state index contributed by atoms with van der Waals surface area (Å²) in [6, 6.07) is 10.5. The van der Waals surface area contributed by atoms with Gasteiger partial charge >= 0.3 is 0 Å². The van der Waals surface area contributed by atoms with Crippen LogP contribution >= 0.6 is 11.6 Å². The fourth-order valence-electron chi connectivity index (χ4n) is 4.26. The maximum absolute atomic E-state index is 13.3. The van der Waals surface area contributed by atoms with E-state index in [1.165, 1.54) is 0 Å². The van der Waals surface area contributed by atoms with E-state index in [1.807, 2.05) is 31.2 Å². The van der Waals surface area contributed by atoms with Crippen molar-refractivity contribution in [3.05, 3.63) is 63.8 Å². The molecule has 4 rings (SSSR count). The van der Waals surface area contributed by atoms with Crippen molar-refractivity contribution in [3.8, 4) is 22.8 Å². The highest BCUT2D eigenvalue weighted by molar-refractivity contribution is 6.31. The molecule has 0 bridgehead atoms. The number of aliphatic hydroxyl groups is 1. The summed E-state index contributed by atoms with van der Waals surface area (Å²) in [4.78, 5) is 15.0. The average molecular weight is 484 g/mol. The molecular weight excluding hydrogens is 454 g/mol. The summed E-state index contributed by atoms with van der Waals surface area (Å²) >= 11 is 6.35. The molecule has 7 nitrogen and oxygen atoms in total. The van der Waals surface area contributed by atoms with E-state index in [0.717, 1.165) is 23.3 Å². The highest BCUT2D eigenvalue weighted by Gasteiger charge is 2.42. The first-order valence-corrected chi connectivity index (χ1v) is 11.9. The lowest BCUT2D eigenvalue weighted by molar-refractivity contribution is 0.0732. The van der Waals surface area contributed by atoms with Crippen molar-refractivity contribution in [1.82, 2.24) is 15.1 Å². The molecule has 0 radical (unpaired) electrons. The molecule has 2 heterocycles. The van der Waals surface area contributed by atoms with E-state index in [4.69, 9.17) is 16.3 Å². The number of phenolic OH excluding ortho intramolecular Hbond substituents is 1. The molecule has 180 valence electrons. The molecule has 0 saturated carbocycles. The largest absolute Gasteiger partial charge is 0.507 e. The van der Waals surface area contributed by atoms with Crippen LogP contribution in [0.3, 0.4) is 0 Å². The number of hydrogen-bond acceptors (Lipinski definition) is 5. The van der Waals surface area contributed by atoms with E-state index >= 15 is 0 Å². The normalized spacial score (nSPS) is 15.3. The van der Waals surface area contributed by atoms with Crippen LogP contribution in [-0.2, 0) is 0 Å². The Kier molecular flexibility index (Phi) is 7.14. The first kappa shape index (κ1) is 24.1. The van der Waals surface area contributed by atoms with E-state index in [2.05, 4.69) is 24.0 Å². The van der Waals surface area contributed by atoms with Crippen molar-refractivity contribution in [2.75, 3.05) is 19.8 Å². The summed E-state index contributed by atoms with van der Waals surface area (Å²) in [6.07, 6.45) is 1.39. The first-order valence-electron chi connectivity index (χ1n) is 11.5. The molecule has 0 saturated heterocycles. The number of nitrogens with one attached hydrogen (secondary N) is 1. The fraction of sp³-hybridized carbons (Fsp3) is 0.385. The summed E-state index contributed by atoms with van der Waals surface area (Å²) in [7, 11) is 0. The molecule has 8 heteroatoms. The van der Waals surface area contributed by atoms with Gasteiger partial charge in [-0.15, -0.1) is 0 Å². The number of hydrogen-bond donors (Lipinski definition) is 3. The van der Waals surface area contributed by atoms with Crippen LogP contribution in [0.2, 0.25) is 5.02 Å². The molecule has 2 aromatic carbocycles. The van der Waals surface area contributed by atoms with Gasteiger partial charge in [-0.25, -0.2) is 0 Å². The Morgan fingerprint density at radius 1 is 1.26 bits per heavy atom. The van der Waals surface area contributed by atoms with Gasteiger partial charge in [0.2, 0.25) is 0 Å². The second-order valence-corrected chi connectivity index (χ2v) is 9.47. The number of H-pyrrole nitrogens is 1. The first-order chi connectivity index (χ1) is 16.3. The average Bonchev–Trinajstić information content (AvgIpc) is 3.33. The minimum absolute atomic E-state index is 0.0255. The molecule has 1 unspecified atom stereocenters. The lowest BCUT2D eigenvalue weighted by Gasteiger charge is -2.26. The molecular formula is C26H30ClN3O4. The van der Waals surface area contributed by atoms with Crippen LogP contribution < -0.4 is 4.74 Å². The summed E-state index contributed by atoms with van der Waals surface area (Å²) in [6.45, 7) is 7.07. The Morgan fingerprint density at radius 3 is 2.79 bits per heavy atom. The van der Waals surface area contributed by atoms with Crippen molar-refractivity contribution in [2.45, 2.75) is 39.7 Å². The van der Waals surface area contributed by atoms with E-state index in [1.54, 1.807) is 17.0 Å². The number of aromatic nitrogens is 2. The Bertz CT molecular complexity index is 1190. The number of nitrogens with zero attached hydrogens (tertiary/aromatic N) is 2. The van der Waals surface area contributed by atoms with Gasteiger partial charge in [0.15, 0.2) is 0 Å². The maximum Gasteiger partial charge on any atom is 0.273 e. The number of ether oxygens (including phenoxy) is 1. The minimum Gasteiger partial charge on any atom is -0.507 e. The van der Waals surface area contributed by atoms with Gasteiger partial charge in [0, 0.05) is 29.3 Å². The Morgan fingerprint density at radius 2 is 2.06 bits per heavy atom. The van der Waals surface area contributed by atoms with Crippen LogP contribution in [0.1, 0.15) is 59.9 Å². The minimum atomic E-state index is -0.448. The molecule has 1 aliphatic rings. The highest BCUT2D eigenvalue weighted by atomic mass is 35.5. The van der Waals surface area contributed by atoms with Gasteiger partial charge in [-0.2, -0.15) is 5.10 Å². The van der Waals surface area contributed by atoms with Crippen LogP contribution in [-0.4, -0.2) is 51.0 Å². The second kappa shape index (κ2) is 10.1. The van der Waals surface area contributed by atoms with E-state index in [-0.39, 0.29) is 18.3 Å². The number of halogens is 1. The predicted molar refractivity (Wildman–Crippen MR) is 131 cm³/mol. The van der Waals surface area contributed by atoms with Crippen molar-refractivity contribution in [1.29, 1.82) is 0 Å². The van der Waals surface area contributed by atoms with Gasteiger partial charge in [-0.05, 0) is 61.1 Å². The number of carbonyl (C=O) groups is 1. The van der Waals surface area contributed by atoms with Crippen LogP contribution in [0.15, 0.2) is 36.4 Å². The van der Waals surface area contributed by atoms with Gasteiger partial charge in [0.1, 0.15) is 22.9 Å². The second-order valence-electron chi connectivity index (χ2n) is 9.06. The predicted octanol–water partition coefficient (Wildman–Crippen LogP) is 5.10. The third-order valence-electron chi connectivity index (χ3n) is 6.09. The van der Waals surface area contributed by atoms with Crippen molar-refractivity contribution >= 4 is 17.5 Å². The zero-order valence-corrected chi connectivity index (χ0v) is 20.4. The van der Waals surface area contributed by atoms with E-state index in [0.29, 0.717) is 53.0 Å². The molecule has 0 fully saturated rings. The van der Waals surface area contributed by atoms with Crippen molar-refractivity contribution in [2.24, 2.45) is 5.92 Å². The quantitative estimate of drug-likeness (QED) is 0.393. The van der Waals surface area contributed by atoms with Crippen LogP contribution in [0.25, 0.3) is 11.3 Å². The molecule has 0 spiro atoms. The van der Waals surface area contributed by atoms with Gasteiger partial charge in [0.05, 0.1) is 12.6 Å². The summed E-state index contributed by atoms with van der Waals surface area (Å²) in [5.74, 6) is 1.11. The Hall–Kier alpha value is -3.03. The number of amides is 1. The standard InChI is InChI=1S/C26H30ClN3O4/c1-15(2)8-11-34-18-7-4-6-17(13-18)25-22-23(19-14-20(27)16(3)12-21(19)32)28-29-24(22)26(33)30(25)9-5-10-31/h4,6-7,12-15,25,31-32H,5,8-11H2,1-3H3,(H,28,29). The Balaban J connectivity index is 1.79. The lowest BCUT2D eigenvalue weighted by Crippen LogP contribution is -2.31. The molecule has 3 aromatic rings. The number of carbonyl (C=O) groups excluding carboxylic acids is 1. The smallest absolute Gasteiger partial charge is 0.273 e. The van der Waals surface area contributed by atoms with Crippen molar-refractivity contribution < 1.29 is 19.7 Å². The highest BCUT2D eigenvalue weighted by Crippen LogP contribution is 2.45. The molecule has 0 aliphatic carbocycles. The fourth-order valence-corrected chi connectivity index (χ4v) is 4.43. The number of aromatic hydroxyl groups is 1. The number of aryl methyl sites for hydroxylation is 1. The number of aliphatic hydroxyl groups excluding tert-OH is 1. The maximum atomic E-state index is 13.3. The topological polar surface area (TPSA) is 98.7 Å². The molecule has 3 N–H and O–H groups in total. The lowest BCUT2D eigenvalue weighted by atomic mass is 9.95. The van der Waals surface area contributed by atoms with Crippen LogP contribution in [0, 0.1) is 12.8 Å². The van der Waals surface area contributed by atoms with Crippen LogP contribution in [0.5, 0.6) is 11.5 Å². The molecule has 1 aliphatic heterocycles. The molecule has 1 amide bonds. The molecule has 1 atom stereocenters. The monoisotopic (exact) mass is 483 g/mol.